The Labute approximate surface area is 226 Å². The summed E-state index contributed by atoms with van der Waals surface area (Å²) in [5, 5.41) is 7.70. The highest BCUT2D eigenvalue weighted by molar-refractivity contribution is 7.21. The molecule has 2 aromatic carbocycles. The number of rotatable bonds is 14. The third-order valence-electron chi connectivity index (χ3n) is 5.69. The predicted molar refractivity (Wildman–Crippen MR) is 150 cm³/mol. The number of carbonyl (C=O) groups is 3. The lowest BCUT2D eigenvalue weighted by Gasteiger charge is -2.07. The van der Waals surface area contributed by atoms with Gasteiger partial charge in [0.25, 0.3) is 5.91 Å². The predicted octanol–water partition coefficient (Wildman–Crippen LogP) is 6.48. The number of fused-ring (bicyclic) bond motifs is 1. The van der Waals surface area contributed by atoms with Crippen LogP contribution < -0.4 is 15.5 Å². The van der Waals surface area contributed by atoms with E-state index in [9.17, 15) is 14.4 Å². The second-order valence-corrected chi connectivity index (χ2v) is 10.0. The zero-order valence-corrected chi connectivity index (χ0v) is 22.5. The number of hydrazone groups is 1. The molecule has 0 aliphatic rings. The van der Waals surface area contributed by atoms with Crippen LogP contribution in [0.1, 0.15) is 73.5 Å². The fraction of sp³-hybridized carbons (Fsp3) is 0.357. The summed E-state index contributed by atoms with van der Waals surface area (Å²) in [6, 6.07) is 14.3. The number of halogens is 1. The first kappa shape index (κ1) is 28.3. The third kappa shape index (κ3) is 8.98. The highest BCUT2D eigenvalue weighted by atomic mass is 35.5. The van der Waals surface area contributed by atoms with Crippen molar-refractivity contribution in [1.82, 2.24) is 10.7 Å². The third-order valence-corrected chi connectivity index (χ3v) is 7.34. The summed E-state index contributed by atoms with van der Waals surface area (Å²) in [6.07, 6.45) is 9.70. The van der Waals surface area contributed by atoms with E-state index in [0.29, 0.717) is 21.9 Å². The maximum absolute atomic E-state index is 12.8. The molecule has 9 heteroatoms. The van der Waals surface area contributed by atoms with Crippen LogP contribution in [-0.4, -0.2) is 30.5 Å². The van der Waals surface area contributed by atoms with E-state index in [1.807, 2.05) is 24.3 Å². The Hall–Kier alpha value is -3.23. The monoisotopic (exact) mass is 541 g/mol. The maximum atomic E-state index is 12.8. The fourth-order valence-corrected chi connectivity index (χ4v) is 5.08. The van der Waals surface area contributed by atoms with Gasteiger partial charge in [-0.15, -0.1) is 11.3 Å². The van der Waals surface area contributed by atoms with Crippen LogP contribution in [0.15, 0.2) is 53.6 Å². The summed E-state index contributed by atoms with van der Waals surface area (Å²) < 4.78 is 6.47. The second kappa shape index (κ2) is 15.1. The molecule has 196 valence electrons. The van der Waals surface area contributed by atoms with E-state index < -0.39 is 11.9 Å². The number of carbonyl (C=O) groups excluding carboxylic acids is 3. The van der Waals surface area contributed by atoms with Crippen LogP contribution >= 0.6 is 22.9 Å². The molecule has 3 aromatic rings. The van der Waals surface area contributed by atoms with Gasteiger partial charge in [0.1, 0.15) is 10.6 Å². The molecule has 0 aliphatic carbocycles. The van der Waals surface area contributed by atoms with Crippen LogP contribution in [0, 0.1) is 0 Å². The average Bonchev–Trinajstić information content (AvgIpc) is 3.24. The molecule has 2 amide bonds. The maximum Gasteiger partial charge on any atom is 0.355 e. The molecule has 0 saturated heterocycles. The first-order valence-corrected chi connectivity index (χ1v) is 13.8. The van der Waals surface area contributed by atoms with Gasteiger partial charge in [-0.3, -0.25) is 9.59 Å². The van der Waals surface area contributed by atoms with E-state index in [4.69, 9.17) is 16.3 Å². The lowest BCUT2D eigenvalue weighted by Crippen LogP contribution is -2.34. The Morgan fingerprint density at radius 3 is 2.43 bits per heavy atom. The average molecular weight is 542 g/mol. The number of hydrogen-bond donors (Lipinski definition) is 2. The normalized spacial score (nSPS) is 11.1. The van der Waals surface area contributed by atoms with Crippen molar-refractivity contribution >= 4 is 57.0 Å². The number of esters is 1. The van der Waals surface area contributed by atoms with Crippen LogP contribution in [0.5, 0.6) is 5.75 Å². The zero-order valence-electron chi connectivity index (χ0n) is 20.9. The van der Waals surface area contributed by atoms with Crippen molar-refractivity contribution in [3.63, 3.8) is 0 Å². The molecule has 0 unspecified atom stereocenters. The van der Waals surface area contributed by atoms with E-state index in [1.54, 1.807) is 24.3 Å². The Morgan fingerprint density at radius 2 is 1.65 bits per heavy atom. The molecule has 0 fully saturated rings. The number of unbranched alkanes of at least 4 members (excludes halogenated alkanes) is 6. The summed E-state index contributed by atoms with van der Waals surface area (Å²) in [6.45, 7) is 2.03. The summed E-state index contributed by atoms with van der Waals surface area (Å²) in [5.41, 5.74) is 2.87. The van der Waals surface area contributed by atoms with E-state index in [2.05, 4.69) is 22.8 Å². The number of nitrogens with one attached hydrogen (secondary N) is 2. The number of ether oxygens (including phenoxy) is 1. The zero-order chi connectivity index (χ0) is 26.5. The van der Waals surface area contributed by atoms with Crippen LogP contribution in [0.2, 0.25) is 5.02 Å². The van der Waals surface area contributed by atoms with Gasteiger partial charge in [-0.1, -0.05) is 87.4 Å². The van der Waals surface area contributed by atoms with Crippen LogP contribution in [-0.2, 0) is 9.59 Å². The number of amides is 2. The molecule has 0 bridgehead atoms. The van der Waals surface area contributed by atoms with Crippen molar-refractivity contribution in [2.75, 3.05) is 6.54 Å². The van der Waals surface area contributed by atoms with Gasteiger partial charge >= 0.3 is 5.97 Å². The molecule has 37 heavy (non-hydrogen) atoms. The number of thiophene rings is 1. The fourth-order valence-electron chi connectivity index (χ4n) is 3.69. The van der Waals surface area contributed by atoms with Gasteiger partial charge < -0.3 is 10.1 Å². The van der Waals surface area contributed by atoms with Gasteiger partial charge in [-0.05, 0) is 24.6 Å². The molecule has 1 heterocycles. The van der Waals surface area contributed by atoms with Gasteiger partial charge in [-0.2, -0.15) is 5.10 Å². The van der Waals surface area contributed by atoms with Crippen molar-refractivity contribution in [2.24, 2.45) is 5.10 Å². The Kier molecular flexibility index (Phi) is 11.6. The SMILES string of the molecule is CCCCCCCCCC(=O)NCC(=O)N/N=C/c1ccccc1OC(=O)c1sc2ccccc2c1Cl. The summed E-state index contributed by atoms with van der Waals surface area (Å²) in [4.78, 5) is 37.1. The minimum atomic E-state index is -0.570. The lowest BCUT2D eigenvalue weighted by molar-refractivity contribution is -0.126. The Balaban J connectivity index is 1.44. The highest BCUT2D eigenvalue weighted by Crippen LogP contribution is 2.36. The van der Waals surface area contributed by atoms with Gasteiger partial charge in [0.05, 0.1) is 17.8 Å². The molecule has 0 atom stereocenters. The van der Waals surface area contributed by atoms with Crippen molar-refractivity contribution in [3.05, 3.63) is 64.0 Å². The standard InChI is InChI=1S/C28H32ClN3O4S/c1-2-3-4-5-6-7-8-17-24(33)30-19-25(34)32-31-18-20-13-9-11-15-22(20)36-28(35)27-26(29)21-14-10-12-16-23(21)37-27/h9-16,18H,2-8,17,19H2,1H3,(H,30,33)(H,32,34)/b31-18+. The minimum Gasteiger partial charge on any atom is -0.422 e. The number of hydrogen-bond acceptors (Lipinski definition) is 6. The Bertz CT molecular complexity index is 1240. The van der Waals surface area contributed by atoms with Crippen molar-refractivity contribution in [3.8, 4) is 5.75 Å². The number of benzene rings is 2. The Morgan fingerprint density at radius 1 is 0.946 bits per heavy atom. The molecule has 3 rings (SSSR count). The number of para-hydroxylation sites is 1. The van der Waals surface area contributed by atoms with Crippen molar-refractivity contribution in [2.45, 2.75) is 58.3 Å². The highest BCUT2D eigenvalue weighted by Gasteiger charge is 2.19. The molecular weight excluding hydrogens is 510 g/mol. The molecule has 0 radical (unpaired) electrons. The van der Waals surface area contributed by atoms with Crippen molar-refractivity contribution in [1.29, 1.82) is 0 Å². The molecule has 2 N–H and O–H groups in total. The first-order valence-electron chi connectivity index (χ1n) is 12.6. The van der Waals surface area contributed by atoms with Gasteiger partial charge in [0.15, 0.2) is 0 Å². The number of nitrogens with zero attached hydrogens (tertiary/aromatic N) is 1. The van der Waals surface area contributed by atoms with E-state index >= 15 is 0 Å². The molecule has 1 aromatic heterocycles. The molecule has 0 spiro atoms. The summed E-state index contributed by atoms with van der Waals surface area (Å²) in [5.74, 6) is -0.887. The summed E-state index contributed by atoms with van der Waals surface area (Å²) in [7, 11) is 0. The van der Waals surface area contributed by atoms with Gasteiger partial charge in [0.2, 0.25) is 5.91 Å². The molecule has 0 saturated carbocycles. The summed E-state index contributed by atoms with van der Waals surface area (Å²) >= 11 is 7.66. The van der Waals surface area contributed by atoms with E-state index in [-0.39, 0.29) is 18.2 Å². The van der Waals surface area contributed by atoms with E-state index in [1.165, 1.54) is 43.2 Å². The second-order valence-electron chi connectivity index (χ2n) is 8.61. The van der Waals surface area contributed by atoms with Gasteiger partial charge in [-0.25, -0.2) is 10.2 Å². The van der Waals surface area contributed by atoms with Crippen molar-refractivity contribution < 1.29 is 19.1 Å². The lowest BCUT2D eigenvalue weighted by atomic mass is 10.1. The first-order chi connectivity index (χ1) is 18.0. The molecular formula is C28H32ClN3O4S. The van der Waals surface area contributed by atoms with Gasteiger partial charge in [0, 0.05) is 22.1 Å². The minimum absolute atomic E-state index is 0.148. The largest absolute Gasteiger partial charge is 0.422 e. The topological polar surface area (TPSA) is 96.9 Å². The molecule has 7 nitrogen and oxygen atoms in total. The van der Waals surface area contributed by atoms with Crippen LogP contribution in [0.3, 0.4) is 0 Å². The quantitative estimate of drug-likeness (QED) is 0.0802. The molecule has 0 aliphatic heterocycles. The smallest absolute Gasteiger partial charge is 0.355 e. The van der Waals surface area contributed by atoms with E-state index in [0.717, 1.165) is 29.3 Å². The van der Waals surface area contributed by atoms with Crippen LogP contribution in [0.25, 0.3) is 10.1 Å². The van der Waals surface area contributed by atoms with Crippen LogP contribution in [0.4, 0.5) is 0 Å².